The molecule has 2 bridgehead atoms. The molecule has 2 aliphatic carbocycles. The van der Waals surface area contributed by atoms with Gasteiger partial charge in [-0.1, -0.05) is 12.5 Å². The van der Waals surface area contributed by atoms with Crippen molar-refractivity contribution in [1.29, 1.82) is 0 Å². The second-order valence-corrected chi connectivity index (χ2v) is 6.76. The molecule has 0 amide bonds. The first-order chi connectivity index (χ1) is 10.6. The van der Waals surface area contributed by atoms with Gasteiger partial charge in [0.25, 0.3) is 0 Å². The summed E-state index contributed by atoms with van der Waals surface area (Å²) in [5, 5.41) is 7.32. The number of benzene rings is 1. The van der Waals surface area contributed by atoms with Crippen LogP contribution in [0, 0.1) is 18.8 Å². The molecule has 2 aliphatic rings. The number of nitrogens with one attached hydrogen (secondary N) is 2. The number of carbonyl (C=O) groups is 1. The van der Waals surface area contributed by atoms with E-state index in [9.17, 15) is 4.79 Å². The maximum atomic E-state index is 11.7. The predicted molar refractivity (Wildman–Crippen MR) is 91.1 cm³/mol. The first kappa shape index (κ1) is 15.3. The molecule has 0 spiro atoms. The number of carbonyl (C=O) groups excluding carboxylic acids is 1. The number of esters is 1. The van der Waals surface area contributed by atoms with Crippen molar-refractivity contribution >= 4 is 29.0 Å². The lowest BCUT2D eigenvalue weighted by Crippen LogP contribution is -2.40. The molecule has 3 unspecified atom stereocenters. The summed E-state index contributed by atoms with van der Waals surface area (Å²) >= 11 is 5.45. The number of anilines is 1. The zero-order valence-electron chi connectivity index (χ0n) is 13.0. The summed E-state index contributed by atoms with van der Waals surface area (Å²) < 4.78 is 4.80. The normalized spacial score (nSPS) is 25.8. The van der Waals surface area contributed by atoms with E-state index in [-0.39, 0.29) is 5.97 Å². The van der Waals surface area contributed by atoms with Gasteiger partial charge in [0.2, 0.25) is 0 Å². The first-order valence-corrected chi connectivity index (χ1v) is 8.24. The number of ether oxygens (including phenoxy) is 1. The van der Waals surface area contributed by atoms with Crippen molar-refractivity contribution in [2.24, 2.45) is 11.8 Å². The van der Waals surface area contributed by atoms with E-state index in [0.717, 1.165) is 23.1 Å². The molecule has 2 N–H and O–H groups in total. The summed E-state index contributed by atoms with van der Waals surface area (Å²) in [5.41, 5.74) is 2.27. The minimum Gasteiger partial charge on any atom is -0.465 e. The number of thiocarbonyl (C=S) groups is 1. The van der Waals surface area contributed by atoms with Crippen LogP contribution in [0.5, 0.6) is 0 Å². The molecule has 3 rings (SSSR count). The van der Waals surface area contributed by atoms with E-state index < -0.39 is 0 Å². The minimum absolute atomic E-state index is 0.326. The number of methoxy groups -OCH3 is 1. The Morgan fingerprint density at radius 2 is 2.14 bits per heavy atom. The zero-order valence-corrected chi connectivity index (χ0v) is 13.8. The predicted octanol–water partition coefficient (Wildman–Crippen LogP) is 3.26. The van der Waals surface area contributed by atoms with Crippen LogP contribution in [0.1, 0.15) is 41.6 Å². The van der Waals surface area contributed by atoms with Crippen LogP contribution in [0.4, 0.5) is 5.69 Å². The van der Waals surface area contributed by atoms with Gasteiger partial charge in [0.1, 0.15) is 0 Å². The molecule has 0 aromatic heterocycles. The summed E-state index contributed by atoms with van der Waals surface area (Å²) in [6.07, 6.45) is 5.27. The second-order valence-electron chi connectivity index (χ2n) is 6.35. The zero-order chi connectivity index (χ0) is 15.7. The maximum absolute atomic E-state index is 11.7. The van der Waals surface area contributed by atoms with Crippen LogP contribution in [0.15, 0.2) is 18.2 Å². The number of hydrogen-bond acceptors (Lipinski definition) is 3. The largest absolute Gasteiger partial charge is 0.465 e. The molecule has 1 aromatic rings. The van der Waals surface area contributed by atoms with Crippen molar-refractivity contribution in [3.05, 3.63) is 29.3 Å². The molecule has 1 aromatic carbocycles. The third-order valence-corrected chi connectivity index (χ3v) is 5.26. The molecule has 2 fully saturated rings. The van der Waals surface area contributed by atoms with E-state index in [2.05, 4.69) is 10.6 Å². The molecule has 0 heterocycles. The Balaban J connectivity index is 1.65. The lowest BCUT2D eigenvalue weighted by Gasteiger charge is -2.25. The van der Waals surface area contributed by atoms with E-state index in [4.69, 9.17) is 17.0 Å². The van der Waals surface area contributed by atoms with E-state index >= 15 is 0 Å². The van der Waals surface area contributed by atoms with Crippen molar-refractivity contribution in [1.82, 2.24) is 5.32 Å². The summed E-state index contributed by atoms with van der Waals surface area (Å²) in [4.78, 5) is 11.7. The molecule has 0 radical (unpaired) electrons. The summed E-state index contributed by atoms with van der Waals surface area (Å²) in [5.74, 6) is 1.33. The van der Waals surface area contributed by atoms with E-state index in [0.29, 0.717) is 16.7 Å². The highest BCUT2D eigenvalue weighted by atomic mass is 32.1. The second kappa shape index (κ2) is 6.24. The molecule has 4 nitrogen and oxygen atoms in total. The van der Waals surface area contributed by atoms with Crippen LogP contribution in [-0.4, -0.2) is 24.2 Å². The van der Waals surface area contributed by atoms with Gasteiger partial charge in [-0.2, -0.15) is 0 Å². The first-order valence-electron chi connectivity index (χ1n) is 7.84. The van der Waals surface area contributed by atoms with Crippen molar-refractivity contribution in [2.75, 3.05) is 12.4 Å². The Hall–Kier alpha value is -1.62. The lowest BCUT2D eigenvalue weighted by atomic mass is 9.95. The van der Waals surface area contributed by atoms with Crippen molar-refractivity contribution in [2.45, 2.75) is 38.6 Å². The van der Waals surface area contributed by atoms with Gasteiger partial charge in [0, 0.05) is 11.7 Å². The van der Waals surface area contributed by atoms with Crippen LogP contribution in [0.2, 0.25) is 0 Å². The number of rotatable bonds is 3. The van der Waals surface area contributed by atoms with Crippen molar-refractivity contribution < 1.29 is 9.53 Å². The topological polar surface area (TPSA) is 50.4 Å². The van der Waals surface area contributed by atoms with Crippen molar-refractivity contribution in [3.63, 3.8) is 0 Å². The molecule has 0 saturated heterocycles. The Morgan fingerprint density at radius 3 is 2.77 bits per heavy atom. The highest BCUT2D eigenvalue weighted by molar-refractivity contribution is 7.80. The van der Waals surface area contributed by atoms with E-state index in [1.807, 2.05) is 19.1 Å². The highest BCUT2D eigenvalue weighted by Crippen LogP contribution is 2.44. The standard InChI is InChI=1S/C17H22N2O2S/c1-10-13(16(20)21-2)4-3-5-14(10)18-17(22)19-15-9-11-6-7-12(15)8-11/h3-5,11-12,15H,6-9H2,1-2H3,(H2,18,19,22). The maximum Gasteiger partial charge on any atom is 0.338 e. The Kier molecular flexibility index (Phi) is 4.34. The van der Waals surface area contributed by atoms with Gasteiger partial charge < -0.3 is 15.4 Å². The van der Waals surface area contributed by atoms with E-state index in [1.165, 1.54) is 32.8 Å². The summed E-state index contributed by atoms with van der Waals surface area (Å²) in [6.45, 7) is 1.90. The molecule has 2 saturated carbocycles. The highest BCUT2D eigenvalue weighted by Gasteiger charge is 2.39. The third kappa shape index (κ3) is 2.95. The molecule has 5 heteroatoms. The average molecular weight is 318 g/mol. The van der Waals surface area contributed by atoms with Crippen LogP contribution >= 0.6 is 12.2 Å². The molecular weight excluding hydrogens is 296 g/mol. The molecular formula is C17H22N2O2S. The summed E-state index contributed by atoms with van der Waals surface area (Å²) in [6, 6.07) is 6.03. The number of hydrogen-bond donors (Lipinski definition) is 2. The van der Waals surface area contributed by atoms with Gasteiger partial charge in [0.15, 0.2) is 5.11 Å². The van der Waals surface area contributed by atoms with E-state index in [1.54, 1.807) is 6.07 Å². The Labute approximate surface area is 136 Å². The van der Waals surface area contributed by atoms with Crippen LogP contribution < -0.4 is 10.6 Å². The minimum atomic E-state index is -0.326. The Morgan fingerprint density at radius 1 is 1.32 bits per heavy atom. The molecule has 0 aliphatic heterocycles. The van der Waals surface area contributed by atoms with Crippen LogP contribution in [-0.2, 0) is 4.74 Å². The van der Waals surface area contributed by atoms with Crippen molar-refractivity contribution in [3.8, 4) is 0 Å². The fourth-order valence-corrected chi connectivity index (χ4v) is 4.11. The Bertz CT molecular complexity index is 602. The summed E-state index contributed by atoms with van der Waals surface area (Å²) in [7, 11) is 1.39. The monoisotopic (exact) mass is 318 g/mol. The third-order valence-electron chi connectivity index (χ3n) is 5.04. The fourth-order valence-electron chi connectivity index (χ4n) is 3.85. The average Bonchev–Trinajstić information content (AvgIpc) is 3.11. The van der Waals surface area contributed by atoms with Gasteiger partial charge in [0.05, 0.1) is 12.7 Å². The van der Waals surface area contributed by atoms with Gasteiger partial charge >= 0.3 is 5.97 Å². The SMILES string of the molecule is COC(=O)c1cccc(NC(=S)NC2CC3CCC2C3)c1C. The molecule has 3 atom stereocenters. The molecule has 22 heavy (non-hydrogen) atoms. The van der Waals surface area contributed by atoms with Gasteiger partial charge in [-0.25, -0.2) is 4.79 Å². The lowest BCUT2D eigenvalue weighted by molar-refractivity contribution is 0.0600. The van der Waals surface area contributed by atoms with Crippen LogP contribution in [0.25, 0.3) is 0 Å². The van der Waals surface area contributed by atoms with Crippen LogP contribution in [0.3, 0.4) is 0 Å². The van der Waals surface area contributed by atoms with Gasteiger partial charge in [-0.15, -0.1) is 0 Å². The van der Waals surface area contributed by atoms with Gasteiger partial charge in [-0.05, 0) is 67.9 Å². The smallest absolute Gasteiger partial charge is 0.338 e. The number of fused-ring (bicyclic) bond motifs is 2. The fraction of sp³-hybridized carbons (Fsp3) is 0.529. The van der Waals surface area contributed by atoms with Gasteiger partial charge in [-0.3, -0.25) is 0 Å². The molecule has 118 valence electrons. The quantitative estimate of drug-likeness (QED) is 0.662.